The van der Waals surface area contributed by atoms with Crippen molar-refractivity contribution in [2.24, 2.45) is 0 Å². The van der Waals surface area contributed by atoms with Crippen LogP contribution in [0.4, 0.5) is 5.69 Å². The molecule has 0 aliphatic carbocycles. The fourth-order valence-corrected chi connectivity index (χ4v) is 1.69. The van der Waals surface area contributed by atoms with Crippen LogP contribution in [-0.2, 0) is 4.74 Å². The van der Waals surface area contributed by atoms with Gasteiger partial charge in [-0.1, -0.05) is 0 Å². The average molecular weight is 239 g/mol. The molecule has 17 heavy (non-hydrogen) atoms. The molecule has 1 atom stereocenters. The van der Waals surface area contributed by atoms with E-state index >= 15 is 0 Å². The predicted molar refractivity (Wildman–Crippen MR) is 69.2 cm³/mol. The van der Waals surface area contributed by atoms with Crippen LogP contribution in [0.3, 0.4) is 0 Å². The minimum atomic E-state index is 0.247. The van der Waals surface area contributed by atoms with E-state index in [4.69, 9.17) is 14.2 Å². The Bertz CT molecular complexity index is 366. The molecule has 0 aromatic heterocycles. The van der Waals surface area contributed by atoms with Crippen LogP contribution in [0, 0.1) is 6.92 Å². The van der Waals surface area contributed by atoms with Gasteiger partial charge in [-0.2, -0.15) is 0 Å². The molecule has 0 fully saturated rings. The molecule has 1 N–H and O–H groups in total. The van der Waals surface area contributed by atoms with Crippen LogP contribution in [0.5, 0.6) is 11.5 Å². The zero-order valence-electron chi connectivity index (χ0n) is 11.2. The first-order valence-electron chi connectivity index (χ1n) is 5.60. The average Bonchev–Trinajstić information content (AvgIpc) is 2.31. The van der Waals surface area contributed by atoms with Crippen molar-refractivity contribution < 1.29 is 14.2 Å². The van der Waals surface area contributed by atoms with Crippen LogP contribution in [0.2, 0.25) is 0 Å². The van der Waals surface area contributed by atoms with Gasteiger partial charge >= 0.3 is 0 Å². The molecule has 1 rings (SSSR count). The van der Waals surface area contributed by atoms with Crippen molar-refractivity contribution in [2.75, 3.05) is 33.3 Å². The van der Waals surface area contributed by atoms with Gasteiger partial charge in [0, 0.05) is 24.9 Å². The van der Waals surface area contributed by atoms with Gasteiger partial charge in [0.05, 0.1) is 20.8 Å². The molecule has 0 bridgehead atoms. The summed E-state index contributed by atoms with van der Waals surface area (Å²) in [4.78, 5) is 0. The lowest BCUT2D eigenvalue weighted by molar-refractivity contribution is 0.190. The summed E-state index contributed by atoms with van der Waals surface area (Å²) in [7, 11) is 4.97. The van der Waals surface area contributed by atoms with Gasteiger partial charge in [0.25, 0.3) is 0 Å². The standard InChI is InChI=1S/C13H21NO3/c1-9-6-12(16-4)13(17-5)7-11(9)14-10(2)8-15-3/h6-7,10,14H,8H2,1-5H3. The molecule has 0 aliphatic rings. The molecule has 0 heterocycles. The summed E-state index contributed by atoms with van der Waals surface area (Å²) >= 11 is 0. The number of methoxy groups -OCH3 is 3. The van der Waals surface area contributed by atoms with E-state index in [0.29, 0.717) is 6.61 Å². The molecule has 4 heteroatoms. The molecular formula is C13H21NO3. The molecule has 1 aromatic rings. The second-order valence-electron chi connectivity index (χ2n) is 4.02. The minimum Gasteiger partial charge on any atom is -0.493 e. The van der Waals surface area contributed by atoms with Crippen molar-refractivity contribution in [1.29, 1.82) is 0 Å². The van der Waals surface area contributed by atoms with Gasteiger partial charge in [-0.05, 0) is 25.5 Å². The Balaban J connectivity index is 2.92. The minimum absolute atomic E-state index is 0.247. The maximum atomic E-state index is 5.28. The van der Waals surface area contributed by atoms with Gasteiger partial charge in [0.2, 0.25) is 0 Å². The Morgan fingerprint density at radius 3 is 2.24 bits per heavy atom. The highest BCUT2D eigenvalue weighted by atomic mass is 16.5. The number of nitrogens with one attached hydrogen (secondary N) is 1. The summed E-state index contributed by atoms with van der Waals surface area (Å²) in [6.07, 6.45) is 0. The van der Waals surface area contributed by atoms with E-state index in [9.17, 15) is 0 Å². The first-order valence-corrected chi connectivity index (χ1v) is 5.60. The van der Waals surface area contributed by atoms with Gasteiger partial charge in [-0.15, -0.1) is 0 Å². The number of hydrogen-bond acceptors (Lipinski definition) is 4. The van der Waals surface area contributed by atoms with Crippen molar-refractivity contribution in [3.8, 4) is 11.5 Å². The molecule has 0 saturated heterocycles. The molecular weight excluding hydrogens is 218 g/mol. The highest BCUT2D eigenvalue weighted by Gasteiger charge is 2.10. The molecule has 4 nitrogen and oxygen atoms in total. The van der Waals surface area contributed by atoms with E-state index < -0.39 is 0 Å². The van der Waals surface area contributed by atoms with Gasteiger partial charge in [-0.25, -0.2) is 0 Å². The lowest BCUT2D eigenvalue weighted by atomic mass is 10.1. The Morgan fingerprint density at radius 1 is 1.12 bits per heavy atom. The molecule has 0 saturated carbocycles. The number of aryl methyl sites for hydroxylation is 1. The van der Waals surface area contributed by atoms with Crippen molar-refractivity contribution in [2.45, 2.75) is 19.9 Å². The fourth-order valence-electron chi connectivity index (χ4n) is 1.69. The zero-order valence-corrected chi connectivity index (χ0v) is 11.2. The highest BCUT2D eigenvalue weighted by molar-refractivity contribution is 5.60. The molecule has 1 unspecified atom stereocenters. The van der Waals surface area contributed by atoms with Crippen molar-refractivity contribution >= 4 is 5.69 Å². The molecule has 0 spiro atoms. The van der Waals surface area contributed by atoms with Gasteiger partial charge < -0.3 is 19.5 Å². The molecule has 96 valence electrons. The quantitative estimate of drug-likeness (QED) is 0.827. The Morgan fingerprint density at radius 2 is 1.71 bits per heavy atom. The Labute approximate surface area is 103 Å². The summed E-state index contributed by atoms with van der Waals surface area (Å²) in [5.41, 5.74) is 2.15. The number of benzene rings is 1. The van der Waals surface area contributed by atoms with E-state index in [2.05, 4.69) is 12.2 Å². The monoisotopic (exact) mass is 239 g/mol. The van der Waals surface area contributed by atoms with E-state index in [1.165, 1.54) is 0 Å². The first-order chi connectivity index (χ1) is 8.12. The molecule has 0 aliphatic heterocycles. The second kappa shape index (κ2) is 6.35. The van der Waals surface area contributed by atoms with Gasteiger partial charge in [-0.3, -0.25) is 0 Å². The van der Waals surface area contributed by atoms with Crippen LogP contribution in [0.1, 0.15) is 12.5 Å². The largest absolute Gasteiger partial charge is 0.493 e. The molecule has 0 amide bonds. The predicted octanol–water partition coefficient (Wildman–Crippen LogP) is 2.46. The van der Waals surface area contributed by atoms with Crippen LogP contribution >= 0.6 is 0 Å². The van der Waals surface area contributed by atoms with Crippen molar-refractivity contribution in [3.05, 3.63) is 17.7 Å². The fraction of sp³-hybridized carbons (Fsp3) is 0.538. The number of rotatable bonds is 6. The third-order valence-electron chi connectivity index (χ3n) is 2.55. The summed E-state index contributed by atoms with van der Waals surface area (Å²) in [5, 5.41) is 3.38. The highest BCUT2D eigenvalue weighted by Crippen LogP contribution is 2.33. The maximum absolute atomic E-state index is 5.28. The topological polar surface area (TPSA) is 39.7 Å². The Hall–Kier alpha value is -1.42. The third-order valence-corrected chi connectivity index (χ3v) is 2.55. The van der Waals surface area contributed by atoms with Gasteiger partial charge in [0.1, 0.15) is 0 Å². The van der Waals surface area contributed by atoms with Crippen LogP contribution in [-0.4, -0.2) is 34.0 Å². The summed E-state index contributed by atoms with van der Waals surface area (Å²) in [6, 6.07) is 4.15. The third kappa shape index (κ3) is 3.53. The molecule has 0 radical (unpaired) electrons. The van der Waals surface area contributed by atoms with Crippen molar-refractivity contribution in [1.82, 2.24) is 0 Å². The van der Waals surface area contributed by atoms with E-state index in [1.807, 2.05) is 19.1 Å². The summed E-state index contributed by atoms with van der Waals surface area (Å²) < 4.78 is 15.6. The first kappa shape index (κ1) is 13.6. The summed E-state index contributed by atoms with van der Waals surface area (Å²) in [6.45, 7) is 4.76. The number of anilines is 1. The van der Waals surface area contributed by atoms with Crippen LogP contribution < -0.4 is 14.8 Å². The number of hydrogen-bond donors (Lipinski definition) is 1. The van der Waals surface area contributed by atoms with E-state index in [-0.39, 0.29) is 6.04 Å². The number of ether oxygens (including phenoxy) is 3. The molecule has 1 aromatic carbocycles. The SMILES string of the molecule is COCC(C)Nc1cc(OC)c(OC)cc1C. The lowest BCUT2D eigenvalue weighted by Gasteiger charge is -2.18. The van der Waals surface area contributed by atoms with E-state index in [1.54, 1.807) is 21.3 Å². The maximum Gasteiger partial charge on any atom is 0.162 e. The van der Waals surface area contributed by atoms with Crippen LogP contribution in [0.15, 0.2) is 12.1 Å². The second-order valence-corrected chi connectivity index (χ2v) is 4.02. The van der Waals surface area contributed by atoms with Gasteiger partial charge in [0.15, 0.2) is 11.5 Å². The smallest absolute Gasteiger partial charge is 0.162 e. The normalized spacial score (nSPS) is 12.1. The van der Waals surface area contributed by atoms with E-state index in [0.717, 1.165) is 22.7 Å². The Kier molecular flexibility index (Phi) is 5.10. The summed E-state index contributed by atoms with van der Waals surface area (Å²) in [5.74, 6) is 1.47. The van der Waals surface area contributed by atoms with Crippen molar-refractivity contribution in [3.63, 3.8) is 0 Å². The zero-order chi connectivity index (χ0) is 12.8. The lowest BCUT2D eigenvalue weighted by Crippen LogP contribution is -2.21. The van der Waals surface area contributed by atoms with Crippen LogP contribution in [0.25, 0.3) is 0 Å².